The van der Waals surface area contributed by atoms with Gasteiger partial charge in [0.15, 0.2) is 0 Å². The minimum absolute atomic E-state index is 0.180. The molecule has 2 amide bonds. The predicted molar refractivity (Wildman–Crippen MR) is 145 cm³/mol. The SMILES string of the molecule is COc1cc(Cl)c(C)cc1N1C(=O)CSc2c(c3ccccc3n2C)C1C(=O)NCc1ccccc1. The molecule has 0 saturated heterocycles. The Morgan fingerprint density at radius 2 is 1.86 bits per heavy atom. The highest BCUT2D eigenvalue weighted by atomic mass is 35.5. The maximum absolute atomic E-state index is 14.0. The summed E-state index contributed by atoms with van der Waals surface area (Å²) in [6.07, 6.45) is 0. The summed E-state index contributed by atoms with van der Waals surface area (Å²) in [7, 11) is 3.51. The van der Waals surface area contributed by atoms with Crippen molar-refractivity contribution in [3.63, 3.8) is 0 Å². The Morgan fingerprint density at radius 1 is 1.14 bits per heavy atom. The van der Waals surface area contributed by atoms with E-state index in [-0.39, 0.29) is 17.6 Å². The van der Waals surface area contributed by atoms with Gasteiger partial charge < -0.3 is 14.6 Å². The zero-order valence-corrected chi connectivity index (χ0v) is 21.8. The number of rotatable bonds is 5. The molecular weight excluding hydrogens is 494 g/mol. The Morgan fingerprint density at radius 3 is 2.61 bits per heavy atom. The minimum atomic E-state index is -0.896. The fourth-order valence-corrected chi connectivity index (χ4v) is 5.94. The molecule has 5 rings (SSSR count). The second-order valence-electron chi connectivity index (χ2n) is 8.73. The molecular formula is C28H26ClN3O3S. The molecule has 1 aliphatic heterocycles. The van der Waals surface area contributed by atoms with E-state index in [1.54, 1.807) is 11.0 Å². The number of thioether (sulfide) groups is 1. The van der Waals surface area contributed by atoms with Crippen LogP contribution in [0.1, 0.15) is 22.7 Å². The summed E-state index contributed by atoms with van der Waals surface area (Å²) >= 11 is 7.83. The molecule has 2 heterocycles. The number of hydrogen-bond acceptors (Lipinski definition) is 4. The number of carbonyl (C=O) groups excluding carboxylic acids is 2. The van der Waals surface area contributed by atoms with Crippen LogP contribution in [0, 0.1) is 6.92 Å². The highest BCUT2D eigenvalue weighted by molar-refractivity contribution is 8.00. The van der Waals surface area contributed by atoms with E-state index in [0.717, 1.165) is 32.6 Å². The molecule has 8 heteroatoms. The molecule has 1 N–H and O–H groups in total. The summed E-state index contributed by atoms with van der Waals surface area (Å²) in [4.78, 5) is 29.3. The van der Waals surface area contributed by atoms with Gasteiger partial charge in [0.1, 0.15) is 11.8 Å². The van der Waals surface area contributed by atoms with Crippen molar-refractivity contribution in [3.05, 3.63) is 88.4 Å². The highest BCUT2D eigenvalue weighted by Crippen LogP contribution is 2.46. The number of benzene rings is 3. The van der Waals surface area contributed by atoms with Crippen LogP contribution in [-0.4, -0.2) is 29.2 Å². The summed E-state index contributed by atoms with van der Waals surface area (Å²) < 4.78 is 7.70. The molecule has 3 aromatic carbocycles. The third-order valence-electron chi connectivity index (χ3n) is 6.50. The molecule has 4 aromatic rings. The number of nitrogens with one attached hydrogen (secondary N) is 1. The Bertz CT molecular complexity index is 1470. The maximum Gasteiger partial charge on any atom is 0.248 e. The number of methoxy groups -OCH3 is 1. The lowest BCUT2D eigenvalue weighted by molar-refractivity contribution is -0.125. The number of amides is 2. The summed E-state index contributed by atoms with van der Waals surface area (Å²) in [5.41, 5.74) is 4.10. The molecule has 1 aliphatic rings. The molecule has 0 bridgehead atoms. The van der Waals surface area contributed by atoms with Crippen molar-refractivity contribution >= 4 is 51.8 Å². The molecule has 1 unspecified atom stereocenters. The van der Waals surface area contributed by atoms with Gasteiger partial charge in [0.25, 0.3) is 0 Å². The lowest BCUT2D eigenvalue weighted by atomic mass is 10.0. The van der Waals surface area contributed by atoms with E-state index < -0.39 is 6.04 Å². The molecule has 36 heavy (non-hydrogen) atoms. The lowest BCUT2D eigenvalue weighted by Gasteiger charge is -2.31. The number of para-hydroxylation sites is 1. The van der Waals surface area contributed by atoms with Crippen LogP contribution in [0.2, 0.25) is 5.02 Å². The number of fused-ring (bicyclic) bond motifs is 3. The predicted octanol–water partition coefficient (Wildman–Crippen LogP) is 5.65. The minimum Gasteiger partial charge on any atom is -0.495 e. The molecule has 0 spiro atoms. The maximum atomic E-state index is 14.0. The van der Waals surface area contributed by atoms with E-state index in [1.807, 2.05) is 74.6 Å². The van der Waals surface area contributed by atoms with Crippen molar-refractivity contribution in [3.8, 4) is 5.75 Å². The van der Waals surface area contributed by atoms with Crippen molar-refractivity contribution in [1.29, 1.82) is 0 Å². The van der Waals surface area contributed by atoms with Crippen LogP contribution in [0.25, 0.3) is 10.9 Å². The summed E-state index contributed by atoms with van der Waals surface area (Å²) in [6, 6.07) is 20.3. The molecule has 0 fully saturated rings. The summed E-state index contributed by atoms with van der Waals surface area (Å²) in [6.45, 7) is 2.22. The van der Waals surface area contributed by atoms with Gasteiger partial charge in [-0.3, -0.25) is 14.5 Å². The average molecular weight is 520 g/mol. The topological polar surface area (TPSA) is 63.6 Å². The van der Waals surface area contributed by atoms with Gasteiger partial charge in [-0.2, -0.15) is 0 Å². The third-order valence-corrected chi connectivity index (χ3v) is 8.07. The normalized spacial score (nSPS) is 15.5. The zero-order valence-electron chi connectivity index (χ0n) is 20.2. The van der Waals surface area contributed by atoms with E-state index in [9.17, 15) is 9.59 Å². The average Bonchev–Trinajstić information content (AvgIpc) is 3.07. The fourth-order valence-electron chi connectivity index (χ4n) is 4.71. The first-order valence-electron chi connectivity index (χ1n) is 11.6. The van der Waals surface area contributed by atoms with Gasteiger partial charge in [-0.1, -0.05) is 71.9 Å². The number of ether oxygens (including phenoxy) is 1. The number of aryl methyl sites for hydroxylation is 2. The van der Waals surface area contributed by atoms with Gasteiger partial charge in [-0.05, 0) is 30.2 Å². The first-order chi connectivity index (χ1) is 17.4. The van der Waals surface area contributed by atoms with Crippen LogP contribution >= 0.6 is 23.4 Å². The summed E-state index contributed by atoms with van der Waals surface area (Å²) in [5, 5.41) is 5.44. The van der Waals surface area contributed by atoms with Crippen LogP contribution in [0.5, 0.6) is 5.75 Å². The van der Waals surface area contributed by atoms with Crippen LogP contribution in [-0.2, 0) is 23.2 Å². The van der Waals surface area contributed by atoms with E-state index in [2.05, 4.69) is 9.88 Å². The molecule has 0 radical (unpaired) electrons. The van der Waals surface area contributed by atoms with Crippen LogP contribution < -0.4 is 15.0 Å². The van der Waals surface area contributed by atoms with E-state index in [0.29, 0.717) is 23.0 Å². The van der Waals surface area contributed by atoms with E-state index in [4.69, 9.17) is 16.3 Å². The Kier molecular flexibility index (Phi) is 6.69. The largest absolute Gasteiger partial charge is 0.495 e. The molecule has 6 nitrogen and oxygen atoms in total. The van der Waals surface area contributed by atoms with Gasteiger partial charge in [0, 0.05) is 41.1 Å². The van der Waals surface area contributed by atoms with Crippen molar-refractivity contribution in [1.82, 2.24) is 9.88 Å². The second kappa shape index (κ2) is 9.91. The van der Waals surface area contributed by atoms with Crippen molar-refractivity contribution in [2.24, 2.45) is 7.05 Å². The Balaban J connectivity index is 1.70. The quantitative estimate of drug-likeness (QED) is 0.370. The van der Waals surface area contributed by atoms with Gasteiger partial charge >= 0.3 is 0 Å². The molecule has 1 atom stereocenters. The molecule has 0 aliphatic carbocycles. The third kappa shape index (κ3) is 4.22. The zero-order chi connectivity index (χ0) is 25.4. The van der Waals surface area contributed by atoms with Gasteiger partial charge in [0.05, 0.1) is 23.6 Å². The molecule has 1 aromatic heterocycles. The number of halogens is 1. The number of nitrogens with zero attached hydrogens (tertiary/aromatic N) is 2. The van der Waals surface area contributed by atoms with Crippen molar-refractivity contribution in [2.75, 3.05) is 17.8 Å². The van der Waals surface area contributed by atoms with E-state index >= 15 is 0 Å². The second-order valence-corrected chi connectivity index (χ2v) is 10.1. The Labute approximate surface area is 219 Å². The van der Waals surface area contributed by atoms with Crippen molar-refractivity contribution in [2.45, 2.75) is 24.5 Å². The number of hydrogen-bond donors (Lipinski definition) is 1. The van der Waals surface area contributed by atoms with Gasteiger partial charge in [-0.25, -0.2) is 0 Å². The van der Waals surface area contributed by atoms with Gasteiger partial charge in [0.2, 0.25) is 11.8 Å². The number of anilines is 1. The summed E-state index contributed by atoms with van der Waals surface area (Å²) in [5.74, 6) is 0.181. The first-order valence-corrected chi connectivity index (χ1v) is 12.9. The van der Waals surface area contributed by atoms with Crippen LogP contribution in [0.4, 0.5) is 5.69 Å². The van der Waals surface area contributed by atoms with Crippen LogP contribution in [0.3, 0.4) is 0 Å². The Hall–Kier alpha value is -3.42. The molecule has 184 valence electrons. The fraction of sp³-hybridized carbons (Fsp3) is 0.214. The molecule has 0 saturated carbocycles. The first kappa shape index (κ1) is 24.3. The smallest absolute Gasteiger partial charge is 0.248 e. The lowest BCUT2D eigenvalue weighted by Crippen LogP contribution is -2.44. The standard InChI is InChI=1S/C28H26ClN3O3S/c1-17-13-22(23(35-3)14-20(17)29)32-24(33)16-36-28-25(19-11-7-8-12-21(19)31(28)2)26(32)27(34)30-15-18-9-5-4-6-10-18/h4-14,26H,15-16H2,1-3H3,(H,30,34). The van der Waals surface area contributed by atoms with Crippen LogP contribution in [0.15, 0.2) is 71.8 Å². The number of aromatic nitrogens is 1. The number of carbonyl (C=O) groups is 2. The highest BCUT2D eigenvalue weighted by Gasteiger charge is 2.40. The van der Waals surface area contributed by atoms with E-state index in [1.165, 1.54) is 18.9 Å². The van der Waals surface area contributed by atoms with Crippen molar-refractivity contribution < 1.29 is 14.3 Å². The monoisotopic (exact) mass is 519 g/mol. The van der Waals surface area contributed by atoms with Gasteiger partial charge in [-0.15, -0.1) is 0 Å².